The molecule has 0 spiro atoms. The van der Waals surface area contributed by atoms with Crippen molar-refractivity contribution in [2.75, 3.05) is 50.9 Å². The first-order valence-electron chi connectivity index (χ1n) is 8.32. The van der Waals surface area contributed by atoms with Crippen LogP contribution in [0.4, 0.5) is 11.9 Å². The maximum atomic E-state index is 5.86. The molecule has 1 aliphatic heterocycles. The number of halogens is 1. The summed E-state index contributed by atoms with van der Waals surface area (Å²) in [6, 6.07) is 4.44. The maximum absolute atomic E-state index is 5.86. The largest absolute Gasteiger partial charge is 0.368 e. The lowest BCUT2D eigenvalue weighted by atomic mass is 10.2. The van der Waals surface area contributed by atoms with Gasteiger partial charge < -0.3 is 10.6 Å². The smallest absolute Gasteiger partial charge is 0.229 e. The van der Waals surface area contributed by atoms with E-state index in [0.717, 1.165) is 38.5 Å². The number of nitrogens with zero attached hydrogens (tertiary/aromatic N) is 6. The minimum Gasteiger partial charge on any atom is -0.368 e. The fourth-order valence-electron chi connectivity index (χ4n) is 2.91. The van der Waals surface area contributed by atoms with E-state index in [-0.39, 0.29) is 12.0 Å². The maximum Gasteiger partial charge on any atom is 0.229 e. The van der Waals surface area contributed by atoms with Gasteiger partial charge in [-0.1, -0.05) is 0 Å². The predicted octanol–water partition coefficient (Wildman–Crippen LogP) is 2.22. The zero-order valence-electron chi connectivity index (χ0n) is 14.8. The number of hydrogen-bond donors (Lipinski definition) is 1. The van der Waals surface area contributed by atoms with Gasteiger partial charge in [0.2, 0.25) is 11.9 Å². The summed E-state index contributed by atoms with van der Waals surface area (Å²) in [5, 5.41) is 0. The van der Waals surface area contributed by atoms with E-state index in [1.54, 1.807) is 0 Å². The van der Waals surface area contributed by atoms with E-state index in [2.05, 4.69) is 59.7 Å². The standard InChI is InChI=1S/C16H24BrN7S/c1-11(14-19-15(18)21-16(20-14)22(2)3)24-8-6-23(7-9-24)10-12-4-5-13(17)25-12/h4-5,11H,6-10H2,1-3H3,(H2,18,19,20,21). The second-order valence-corrected chi connectivity index (χ2v) is 8.99. The Labute approximate surface area is 161 Å². The monoisotopic (exact) mass is 425 g/mol. The molecule has 0 aliphatic carbocycles. The van der Waals surface area contributed by atoms with E-state index in [0.29, 0.717) is 5.95 Å². The zero-order chi connectivity index (χ0) is 18.0. The average molecular weight is 426 g/mol. The fourth-order valence-corrected chi connectivity index (χ4v) is 4.44. The van der Waals surface area contributed by atoms with Gasteiger partial charge in [0.1, 0.15) is 0 Å². The lowest BCUT2D eigenvalue weighted by Gasteiger charge is -2.37. The molecule has 0 bridgehead atoms. The average Bonchev–Trinajstić information content (AvgIpc) is 2.99. The second-order valence-electron chi connectivity index (χ2n) is 6.44. The Morgan fingerprint density at radius 1 is 1.20 bits per heavy atom. The summed E-state index contributed by atoms with van der Waals surface area (Å²) < 4.78 is 1.19. The van der Waals surface area contributed by atoms with Crippen LogP contribution < -0.4 is 10.6 Å². The zero-order valence-corrected chi connectivity index (χ0v) is 17.2. The molecule has 9 heteroatoms. The molecule has 1 fully saturated rings. The van der Waals surface area contributed by atoms with Gasteiger partial charge in [0.05, 0.1) is 9.83 Å². The van der Waals surface area contributed by atoms with Crippen LogP contribution in [-0.2, 0) is 6.54 Å². The molecule has 136 valence electrons. The highest BCUT2D eigenvalue weighted by atomic mass is 79.9. The lowest BCUT2D eigenvalue weighted by Crippen LogP contribution is -2.46. The summed E-state index contributed by atoms with van der Waals surface area (Å²) in [6.07, 6.45) is 0. The summed E-state index contributed by atoms with van der Waals surface area (Å²) >= 11 is 5.34. The Balaban J connectivity index is 1.60. The van der Waals surface area contributed by atoms with Crippen LogP contribution in [0.5, 0.6) is 0 Å². The van der Waals surface area contributed by atoms with E-state index < -0.39 is 0 Å². The molecule has 25 heavy (non-hydrogen) atoms. The van der Waals surface area contributed by atoms with Crippen molar-refractivity contribution < 1.29 is 0 Å². The number of thiophene rings is 1. The third kappa shape index (κ3) is 4.66. The molecule has 1 atom stereocenters. The van der Waals surface area contributed by atoms with E-state index in [1.807, 2.05) is 30.3 Å². The summed E-state index contributed by atoms with van der Waals surface area (Å²) in [5.74, 6) is 1.63. The first-order valence-corrected chi connectivity index (χ1v) is 9.92. The number of anilines is 2. The molecule has 7 nitrogen and oxygen atoms in total. The number of rotatable bonds is 5. The molecule has 2 aromatic rings. The van der Waals surface area contributed by atoms with Crippen LogP contribution in [0.25, 0.3) is 0 Å². The summed E-state index contributed by atoms with van der Waals surface area (Å²) in [5.41, 5.74) is 5.86. The normalized spacial score (nSPS) is 17.6. The minimum atomic E-state index is 0.127. The molecule has 2 aromatic heterocycles. The van der Waals surface area contributed by atoms with Crippen LogP contribution in [0.3, 0.4) is 0 Å². The summed E-state index contributed by atoms with van der Waals surface area (Å²) in [4.78, 5) is 21.2. The van der Waals surface area contributed by atoms with Gasteiger partial charge in [-0.15, -0.1) is 11.3 Å². The molecule has 0 amide bonds. The van der Waals surface area contributed by atoms with Gasteiger partial charge in [-0.3, -0.25) is 9.80 Å². The van der Waals surface area contributed by atoms with E-state index in [9.17, 15) is 0 Å². The molecular formula is C16H24BrN7S. The van der Waals surface area contributed by atoms with Crippen LogP contribution >= 0.6 is 27.3 Å². The van der Waals surface area contributed by atoms with Gasteiger partial charge in [-0.05, 0) is 35.0 Å². The van der Waals surface area contributed by atoms with Crippen molar-refractivity contribution in [2.24, 2.45) is 0 Å². The molecule has 0 aromatic carbocycles. The molecule has 0 radical (unpaired) electrons. The number of nitrogens with two attached hydrogens (primary N) is 1. The van der Waals surface area contributed by atoms with Crippen molar-refractivity contribution in [2.45, 2.75) is 19.5 Å². The van der Waals surface area contributed by atoms with Crippen molar-refractivity contribution >= 4 is 39.2 Å². The van der Waals surface area contributed by atoms with Crippen LogP contribution in [0, 0.1) is 0 Å². The fraction of sp³-hybridized carbons (Fsp3) is 0.562. The van der Waals surface area contributed by atoms with Gasteiger partial charge in [0.25, 0.3) is 0 Å². The third-order valence-electron chi connectivity index (χ3n) is 4.39. The summed E-state index contributed by atoms with van der Waals surface area (Å²) in [7, 11) is 3.82. The van der Waals surface area contributed by atoms with Crippen LogP contribution in [-0.4, -0.2) is 65.0 Å². The van der Waals surface area contributed by atoms with Crippen molar-refractivity contribution in [3.05, 3.63) is 26.6 Å². The van der Waals surface area contributed by atoms with E-state index in [1.165, 1.54) is 8.66 Å². The molecular weight excluding hydrogens is 402 g/mol. The molecule has 3 rings (SSSR count). The Morgan fingerprint density at radius 2 is 1.92 bits per heavy atom. The van der Waals surface area contributed by atoms with E-state index in [4.69, 9.17) is 5.73 Å². The van der Waals surface area contributed by atoms with Gasteiger partial charge in [0, 0.05) is 51.7 Å². The highest BCUT2D eigenvalue weighted by Gasteiger charge is 2.25. The van der Waals surface area contributed by atoms with E-state index >= 15 is 0 Å². The molecule has 1 aliphatic rings. The Morgan fingerprint density at radius 3 is 2.52 bits per heavy atom. The molecule has 1 unspecified atom stereocenters. The molecule has 3 heterocycles. The quantitative estimate of drug-likeness (QED) is 0.786. The number of aromatic nitrogens is 3. The van der Waals surface area contributed by atoms with Gasteiger partial charge in [-0.25, -0.2) is 0 Å². The van der Waals surface area contributed by atoms with Crippen molar-refractivity contribution in [3.8, 4) is 0 Å². The van der Waals surface area contributed by atoms with Crippen molar-refractivity contribution in [3.63, 3.8) is 0 Å². The Kier molecular flexibility index (Phi) is 5.88. The second kappa shape index (κ2) is 7.94. The van der Waals surface area contributed by atoms with Gasteiger partial charge in [0.15, 0.2) is 5.82 Å². The van der Waals surface area contributed by atoms with Gasteiger partial charge >= 0.3 is 0 Å². The minimum absolute atomic E-state index is 0.127. The van der Waals surface area contributed by atoms with Crippen LogP contribution in [0.15, 0.2) is 15.9 Å². The van der Waals surface area contributed by atoms with Crippen LogP contribution in [0.1, 0.15) is 23.7 Å². The Bertz CT molecular complexity index is 712. The molecule has 1 saturated heterocycles. The predicted molar refractivity (Wildman–Crippen MR) is 106 cm³/mol. The first kappa shape index (κ1) is 18.5. The number of nitrogen functional groups attached to an aromatic ring is 1. The Hall–Kier alpha value is -1.29. The number of hydrogen-bond acceptors (Lipinski definition) is 8. The topological polar surface area (TPSA) is 74.4 Å². The third-order valence-corrected chi connectivity index (χ3v) is 6.00. The summed E-state index contributed by atoms with van der Waals surface area (Å²) in [6.45, 7) is 7.23. The first-order chi connectivity index (χ1) is 11.9. The number of piperazine rings is 1. The molecule has 2 N–H and O–H groups in total. The lowest BCUT2D eigenvalue weighted by molar-refractivity contribution is 0.0954. The highest BCUT2D eigenvalue weighted by Crippen LogP contribution is 2.25. The van der Waals surface area contributed by atoms with Crippen molar-refractivity contribution in [1.29, 1.82) is 0 Å². The highest BCUT2D eigenvalue weighted by molar-refractivity contribution is 9.11. The van der Waals surface area contributed by atoms with Crippen molar-refractivity contribution in [1.82, 2.24) is 24.8 Å². The SMILES string of the molecule is CC(c1nc(N)nc(N(C)C)n1)N1CCN(Cc2ccc(Br)s2)CC1. The van der Waals surface area contributed by atoms with Gasteiger partial charge in [-0.2, -0.15) is 15.0 Å². The van der Waals surface area contributed by atoms with Crippen LogP contribution in [0.2, 0.25) is 0 Å². The molecule has 0 saturated carbocycles.